The van der Waals surface area contributed by atoms with Gasteiger partial charge in [-0.2, -0.15) is 11.3 Å². The zero-order chi connectivity index (χ0) is 15.6. The monoisotopic (exact) mass is 328 g/mol. The lowest BCUT2D eigenvalue weighted by atomic mass is 10.1. The molecule has 2 rings (SSSR count). The minimum atomic E-state index is -3.72. The molecule has 1 atom stereocenters. The van der Waals surface area contributed by atoms with E-state index in [-0.39, 0.29) is 28.6 Å². The molecular formula is C14H17FN2O2S2. The Morgan fingerprint density at radius 2 is 2.14 bits per heavy atom. The van der Waals surface area contributed by atoms with Gasteiger partial charge in [0.1, 0.15) is 5.82 Å². The van der Waals surface area contributed by atoms with Crippen LogP contribution in [0.5, 0.6) is 0 Å². The van der Waals surface area contributed by atoms with E-state index < -0.39 is 15.8 Å². The molecule has 7 heteroatoms. The maximum atomic E-state index is 13.8. The van der Waals surface area contributed by atoms with Crippen molar-refractivity contribution in [1.82, 2.24) is 4.72 Å². The fraction of sp³-hybridized carbons (Fsp3) is 0.286. The minimum Gasteiger partial charge on any atom is -0.326 e. The van der Waals surface area contributed by atoms with Crippen molar-refractivity contribution < 1.29 is 12.8 Å². The van der Waals surface area contributed by atoms with Crippen LogP contribution < -0.4 is 10.5 Å². The first-order valence-corrected chi connectivity index (χ1v) is 8.81. The predicted octanol–water partition coefficient (Wildman–Crippen LogP) is 2.69. The first-order valence-electron chi connectivity index (χ1n) is 6.38. The van der Waals surface area contributed by atoms with Gasteiger partial charge in [0.15, 0.2) is 0 Å². The second kappa shape index (κ2) is 6.23. The van der Waals surface area contributed by atoms with Crippen LogP contribution >= 0.6 is 11.3 Å². The van der Waals surface area contributed by atoms with E-state index in [2.05, 4.69) is 4.72 Å². The van der Waals surface area contributed by atoms with Crippen LogP contribution in [0.1, 0.15) is 29.7 Å². The molecular weight excluding hydrogens is 311 g/mol. The van der Waals surface area contributed by atoms with Gasteiger partial charge in [0.05, 0.1) is 4.90 Å². The number of hydrogen-bond acceptors (Lipinski definition) is 4. The van der Waals surface area contributed by atoms with Gasteiger partial charge in [-0.05, 0) is 53.9 Å². The Labute approximate surface area is 127 Å². The van der Waals surface area contributed by atoms with Gasteiger partial charge in [-0.3, -0.25) is 0 Å². The average Bonchev–Trinajstić information content (AvgIpc) is 2.95. The van der Waals surface area contributed by atoms with Crippen molar-refractivity contribution in [1.29, 1.82) is 0 Å². The van der Waals surface area contributed by atoms with Crippen LogP contribution in [0.2, 0.25) is 0 Å². The lowest BCUT2D eigenvalue weighted by Gasteiger charge is -2.15. The van der Waals surface area contributed by atoms with Gasteiger partial charge in [0, 0.05) is 18.2 Å². The van der Waals surface area contributed by atoms with Crippen LogP contribution in [0, 0.1) is 12.7 Å². The molecule has 0 aliphatic carbocycles. The molecule has 114 valence electrons. The molecule has 0 aliphatic rings. The molecule has 21 heavy (non-hydrogen) atoms. The number of nitrogens with two attached hydrogens (primary N) is 1. The van der Waals surface area contributed by atoms with Gasteiger partial charge >= 0.3 is 0 Å². The number of rotatable bonds is 5. The van der Waals surface area contributed by atoms with Crippen molar-refractivity contribution in [2.24, 2.45) is 5.73 Å². The third-order valence-electron chi connectivity index (χ3n) is 3.21. The molecule has 0 saturated heterocycles. The Hall–Kier alpha value is -1.28. The fourth-order valence-corrected chi connectivity index (χ4v) is 4.12. The maximum Gasteiger partial charge on any atom is 0.241 e. The Morgan fingerprint density at radius 3 is 2.71 bits per heavy atom. The summed E-state index contributed by atoms with van der Waals surface area (Å²) in [6.07, 6.45) is 0. The molecule has 0 bridgehead atoms. The summed E-state index contributed by atoms with van der Waals surface area (Å²) in [5.41, 5.74) is 6.80. The van der Waals surface area contributed by atoms with Crippen LogP contribution in [0.15, 0.2) is 33.9 Å². The van der Waals surface area contributed by atoms with E-state index in [0.717, 1.165) is 5.56 Å². The molecule has 1 aromatic heterocycles. The molecule has 2 aromatic rings. The van der Waals surface area contributed by atoms with E-state index in [1.807, 2.05) is 16.8 Å². The quantitative estimate of drug-likeness (QED) is 0.886. The van der Waals surface area contributed by atoms with Crippen molar-refractivity contribution in [3.05, 3.63) is 51.5 Å². The second-order valence-corrected chi connectivity index (χ2v) is 7.31. The third-order valence-corrected chi connectivity index (χ3v) is 5.43. The van der Waals surface area contributed by atoms with Crippen LogP contribution in [0.3, 0.4) is 0 Å². The number of hydrogen-bond donors (Lipinski definition) is 2. The Kier molecular flexibility index (Phi) is 4.77. The van der Waals surface area contributed by atoms with Crippen LogP contribution in [-0.4, -0.2) is 8.42 Å². The molecule has 3 N–H and O–H groups in total. The highest BCUT2D eigenvalue weighted by Gasteiger charge is 2.21. The van der Waals surface area contributed by atoms with Crippen molar-refractivity contribution in [3.8, 4) is 0 Å². The normalized spacial score (nSPS) is 13.3. The van der Waals surface area contributed by atoms with Gasteiger partial charge in [-0.25, -0.2) is 17.5 Å². The predicted molar refractivity (Wildman–Crippen MR) is 82.1 cm³/mol. The molecule has 4 nitrogen and oxygen atoms in total. The number of benzene rings is 1. The molecule has 0 saturated carbocycles. The molecule has 0 amide bonds. The number of nitrogens with one attached hydrogen (secondary N) is 1. The summed E-state index contributed by atoms with van der Waals surface area (Å²) in [6, 6.07) is 4.11. The van der Waals surface area contributed by atoms with Gasteiger partial charge in [0.2, 0.25) is 10.0 Å². The zero-order valence-corrected chi connectivity index (χ0v) is 13.4. The zero-order valence-electron chi connectivity index (χ0n) is 11.8. The van der Waals surface area contributed by atoms with Gasteiger partial charge in [0.25, 0.3) is 0 Å². The highest BCUT2D eigenvalue weighted by atomic mass is 32.2. The van der Waals surface area contributed by atoms with Crippen LogP contribution in [0.25, 0.3) is 0 Å². The van der Waals surface area contributed by atoms with Crippen molar-refractivity contribution >= 4 is 21.4 Å². The van der Waals surface area contributed by atoms with Crippen LogP contribution in [0.4, 0.5) is 4.39 Å². The summed E-state index contributed by atoms with van der Waals surface area (Å²) in [5.74, 6) is -0.456. The first-order chi connectivity index (χ1) is 9.85. The lowest BCUT2D eigenvalue weighted by molar-refractivity contribution is 0.565. The summed E-state index contributed by atoms with van der Waals surface area (Å²) in [6.45, 7) is 3.24. The Balaban J connectivity index is 2.34. The highest BCUT2D eigenvalue weighted by Crippen LogP contribution is 2.22. The fourth-order valence-electron chi connectivity index (χ4n) is 2.00. The van der Waals surface area contributed by atoms with Crippen LogP contribution in [-0.2, 0) is 16.6 Å². The number of sulfonamides is 1. The van der Waals surface area contributed by atoms with Crippen molar-refractivity contribution in [2.75, 3.05) is 0 Å². The molecule has 1 unspecified atom stereocenters. The number of halogens is 1. The first kappa shape index (κ1) is 16.1. The summed E-state index contributed by atoms with van der Waals surface area (Å²) in [7, 11) is -3.72. The molecule has 1 heterocycles. The summed E-state index contributed by atoms with van der Waals surface area (Å²) >= 11 is 1.50. The summed E-state index contributed by atoms with van der Waals surface area (Å²) in [4.78, 5) is 0.0314. The number of thiophene rings is 1. The second-order valence-electron chi connectivity index (χ2n) is 4.82. The Bertz CT molecular complexity index is 728. The largest absolute Gasteiger partial charge is 0.326 e. The lowest BCUT2D eigenvalue weighted by Crippen LogP contribution is -2.27. The molecule has 0 fully saturated rings. The van der Waals surface area contributed by atoms with E-state index in [1.54, 1.807) is 6.92 Å². The van der Waals surface area contributed by atoms with Crippen molar-refractivity contribution in [2.45, 2.75) is 31.3 Å². The van der Waals surface area contributed by atoms with E-state index in [9.17, 15) is 12.8 Å². The van der Waals surface area contributed by atoms with E-state index >= 15 is 0 Å². The number of aryl methyl sites for hydroxylation is 1. The third kappa shape index (κ3) is 3.49. The Morgan fingerprint density at radius 1 is 1.43 bits per heavy atom. The van der Waals surface area contributed by atoms with E-state index in [1.165, 1.54) is 30.4 Å². The average molecular weight is 328 g/mol. The topological polar surface area (TPSA) is 72.2 Å². The molecule has 0 radical (unpaired) electrons. The molecule has 1 aromatic carbocycles. The van der Waals surface area contributed by atoms with E-state index in [4.69, 9.17) is 5.73 Å². The summed E-state index contributed by atoms with van der Waals surface area (Å²) in [5, 5.41) is 3.77. The SMILES string of the molecule is Cc1cc(S(=O)(=O)NC(C)c2ccsc2)cc(CN)c1F. The maximum absolute atomic E-state index is 13.8. The summed E-state index contributed by atoms with van der Waals surface area (Å²) < 4.78 is 41.1. The van der Waals surface area contributed by atoms with E-state index in [0.29, 0.717) is 0 Å². The van der Waals surface area contributed by atoms with Gasteiger partial charge < -0.3 is 5.73 Å². The minimum absolute atomic E-state index is 0.0314. The standard InChI is InChI=1S/C14H17FN2O2S2/c1-9-5-13(6-12(7-16)14(9)15)21(18,19)17-10(2)11-3-4-20-8-11/h3-6,8,10,17H,7,16H2,1-2H3. The van der Waals surface area contributed by atoms with Crippen molar-refractivity contribution in [3.63, 3.8) is 0 Å². The highest BCUT2D eigenvalue weighted by molar-refractivity contribution is 7.89. The molecule has 0 aliphatic heterocycles. The smallest absolute Gasteiger partial charge is 0.241 e. The van der Waals surface area contributed by atoms with Gasteiger partial charge in [-0.1, -0.05) is 0 Å². The van der Waals surface area contributed by atoms with Gasteiger partial charge in [-0.15, -0.1) is 0 Å². The molecule has 0 spiro atoms.